The Labute approximate surface area is 298 Å². The van der Waals surface area contributed by atoms with E-state index in [-0.39, 0.29) is 51.3 Å². The Kier molecular flexibility index (Phi) is 4.31. The maximum Gasteiger partial charge on any atom is 0.147 e. The molecule has 50 heavy (non-hydrogen) atoms. The fraction of sp³-hybridized carbons (Fsp3) is 0. The van der Waals surface area contributed by atoms with E-state index in [1.807, 2.05) is 97.1 Å². The zero-order valence-corrected chi connectivity index (χ0v) is 26.4. The minimum absolute atomic E-state index is 0.148. The van der Waals surface area contributed by atoms with Crippen LogP contribution in [0.5, 0.6) is 0 Å². The number of furan rings is 2. The van der Waals surface area contributed by atoms with Gasteiger partial charge in [-0.2, -0.15) is 0 Å². The summed E-state index contributed by atoms with van der Waals surface area (Å²) in [5.74, 6) is 0. The average molecular weight is 645 g/mol. The first-order valence-electron chi connectivity index (χ1n) is 20.4. The van der Waals surface area contributed by atoms with Gasteiger partial charge in [0, 0.05) is 16.2 Å². The molecule has 0 spiro atoms. The molecule has 0 aliphatic rings. The van der Waals surface area contributed by atoms with Gasteiger partial charge in [-0.3, -0.25) is 0 Å². The SMILES string of the molecule is [2H]c1c([2H])c([2H])c2c(-c3ccc4c(c3)oc3c4ccc4oc5ccccc5c43)c3c([2H])c([2H])c([2H])c([2H])c3c(-c3ccc(-c4cccc5ccccc45)cc3)c2c1[2H]. The quantitative estimate of drug-likeness (QED) is 0.179. The average Bonchev–Trinajstić information content (AvgIpc) is 3.83. The fourth-order valence-electron chi connectivity index (χ4n) is 7.69. The second-order valence-corrected chi connectivity index (χ2v) is 12.6. The van der Waals surface area contributed by atoms with Crippen LogP contribution in [-0.2, 0) is 0 Å². The van der Waals surface area contributed by atoms with Crippen LogP contribution >= 0.6 is 0 Å². The maximum atomic E-state index is 9.38. The summed E-state index contributed by atoms with van der Waals surface area (Å²) in [6.07, 6.45) is 0. The standard InChI is InChI=1S/C48H28O2/c1-2-12-33-29(10-1)11-9-18-34(33)30-20-22-31(23-21-30)45-36-13-3-5-15-38(36)46(39-16-6-4-14-37(39)45)32-24-25-35-40-26-27-43-47(48(40)50-44(35)28-32)41-17-7-8-19-42(41)49-43/h1-28H/i3D,4D,5D,6D,13D,14D,15D,16D. The molecule has 0 amide bonds. The van der Waals surface area contributed by atoms with E-state index in [4.69, 9.17) is 14.3 Å². The van der Waals surface area contributed by atoms with Crippen molar-refractivity contribution in [3.8, 4) is 33.4 Å². The molecule has 2 nitrogen and oxygen atoms in total. The topological polar surface area (TPSA) is 26.3 Å². The van der Waals surface area contributed by atoms with Crippen molar-refractivity contribution in [2.45, 2.75) is 0 Å². The molecule has 0 saturated heterocycles. The zero-order chi connectivity index (χ0) is 39.7. The highest BCUT2D eigenvalue weighted by molar-refractivity contribution is 6.24. The highest BCUT2D eigenvalue weighted by Gasteiger charge is 2.20. The molecular weight excluding hydrogens is 609 g/mol. The number of fused-ring (bicyclic) bond motifs is 10. The van der Waals surface area contributed by atoms with Crippen molar-refractivity contribution in [1.82, 2.24) is 0 Å². The molecule has 2 aromatic heterocycles. The number of benzene rings is 9. The summed E-state index contributed by atoms with van der Waals surface area (Å²) in [7, 11) is 0. The van der Waals surface area contributed by atoms with Crippen LogP contribution in [-0.4, -0.2) is 0 Å². The normalized spacial score (nSPS) is 14.2. The van der Waals surface area contributed by atoms with E-state index >= 15 is 0 Å². The van der Waals surface area contributed by atoms with Crippen LogP contribution in [0.1, 0.15) is 11.0 Å². The molecule has 0 N–H and O–H groups in total. The molecule has 9 aromatic carbocycles. The van der Waals surface area contributed by atoms with Gasteiger partial charge < -0.3 is 8.83 Å². The summed E-state index contributed by atoms with van der Waals surface area (Å²) in [5, 5.41) is 6.20. The molecule has 0 bridgehead atoms. The van der Waals surface area contributed by atoms with E-state index in [1.165, 1.54) is 0 Å². The van der Waals surface area contributed by atoms with Crippen LogP contribution in [0.15, 0.2) is 179 Å². The van der Waals surface area contributed by atoms with Crippen LogP contribution in [0.3, 0.4) is 0 Å². The summed E-state index contributed by atoms with van der Waals surface area (Å²) in [6.45, 7) is 0. The van der Waals surface area contributed by atoms with Gasteiger partial charge >= 0.3 is 0 Å². The smallest absolute Gasteiger partial charge is 0.147 e. The highest BCUT2D eigenvalue weighted by Crippen LogP contribution is 2.46. The molecule has 0 radical (unpaired) electrons. The van der Waals surface area contributed by atoms with Crippen molar-refractivity contribution in [2.75, 3.05) is 0 Å². The first kappa shape index (κ1) is 20.7. The van der Waals surface area contributed by atoms with Gasteiger partial charge in [-0.15, -0.1) is 0 Å². The highest BCUT2D eigenvalue weighted by atomic mass is 16.3. The Morgan fingerprint density at radius 2 is 0.980 bits per heavy atom. The van der Waals surface area contributed by atoms with Gasteiger partial charge in [-0.25, -0.2) is 0 Å². The molecule has 0 aliphatic carbocycles. The molecule has 0 fully saturated rings. The third-order valence-corrected chi connectivity index (χ3v) is 9.92. The lowest BCUT2D eigenvalue weighted by atomic mass is 9.85. The number of rotatable bonds is 3. The van der Waals surface area contributed by atoms with Crippen LogP contribution in [0, 0.1) is 0 Å². The third-order valence-electron chi connectivity index (χ3n) is 9.92. The second kappa shape index (κ2) is 10.4. The number of hydrogen-bond acceptors (Lipinski definition) is 2. The molecule has 2 heterocycles. The van der Waals surface area contributed by atoms with Crippen molar-refractivity contribution in [3.63, 3.8) is 0 Å². The Morgan fingerprint density at radius 3 is 1.74 bits per heavy atom. The lowest BCUT2D eigenvalue weighted by Gasteiger charge is -2.18. The van der Waals surface area contributed by atoms with Crippen LogP contribution in [0.4, 0.5) is 0 Å². The molecular formula is C48H28O2. The predicted octanol–water partition coefficient (Wildman–Crippen LogP) is 13.9. The molecule has 0 saturated carbocycles. The predicted molar refractivity (Wildman–Crippen MR) is 210 cm³/mol. The van der Waals surface area contributed by atoms with Crippen molar-refractivity contribution >= 4 is 76.2 Å². The summed E-state index contributed by atoms with van der Waals surface area (Å²) in [5.41, 5.74) is 6.07. The summed E-state index contributed by atoms with van der Waals surface area (Å²) >= 11 is 0. The van der Waals surface area contributed by atoms with Gasteiger partial charge in [-0.05, 0) is 96.0 Å². The Hall–Kier alpha value is -6.64. The largest absolute Gasteiger partial charge is 0.456 e. The van der Waals surface area contributed by atoms with E-state index in [0.717, 1.165) is 49.0 Å². The molecule has 232 valence electrons. The monoisotopic (exact) mass is 644 g/mol. The van der Waals surface area contributed by atoms with Gasteiger partial charge in [0.25, 0.3) is 0 Å². The first-order valence-corrected chi connectivity index (χ1v) is 16.4. The zero-order valence-electron chi connectivity index (χ0n) is 34.4. The lowest BCUT2D eigenvalue weighted by Crippen LogP contribution is -1.91. The van der Waals surface area contributed by atoms with E-state index < -0.39 is 24.2 Å². The summed E-state index contributed by atoms with van der Waals surface area (Å²) < 4.78 is 85.5. The van der Waals surface area contributed by atoms with Crippen molar-refractivity contribution in [2.24, 2.45) is 0 Å². The Bertz CT molecular complexity index is 3520. The Morgan fingerprint density at radius 1 is 0.380 bits per heavy atom. The van der Waals surface area contributed by atoms with E-state index in [9.17, 15) is 5.48 Å². The molecule has 0 unspecified atom stereocenters. The number of para-hydroxylation sites is 1. The molecule has 11 aromatic rings. The van der Waals surface area contributed by atoms with Gasteiger partial charge in [-0.1, -0.05) is 139 Å². The lowest BCUT2D eigenvalue weighted by molar-refractivity contribution is 0.663. The summed E-state index contributed by atoms with van der Waals surface area (Å²) in [4.78, 5) is 0. The fourth-order valence-corrected chi connectivity index (χ4v) is 7.69. The van der Waals surface area contributed by atoms with E-state index in [0.29, 0.717) is 33.4 Å². The van der Waals surface area contributed by atoms with Gasteiger partial charge in [0.15, 0.2) is 0 Å². The maximum absolute atomic E-state index is 9.38. The van der Waals surface area contributed by atoms with Crippen LogP contribution < -0.4 is 0 Å². The van der Waals surface area contributed by atoms with Crippen molar-refractivity contribution < 1.29 is 19.8 Å². The van der Waals surface area contributed by atoms with Gasteiger partial charge in [0.1, 0.15) is 22.3 Å². The van der Waals surface area contributed by atoms with Gasteiger partial charge in [0.2, 0.25) is 0 Å². The molecule has 11 rings (SSSR count). The van der Waals surface area contributed by atoms with Gasteiger partial charge in [0.05, 0.1) is 16.4 Å². The van der Waals surface area contributed by atoms with E-state index in [1.54, 1.807) is 6.07 Å². The minimum atomic E-state index is -0.449. The third kappa shape index (κ3) is 3.90. The minimum Gasteiger partial charge on any atom is -0.456 e. The summed E-state index contributed by atoms with van der Waals surface area (Å²) in [6, 6.07) is 35.9. The van der Waals surface area contributed by atoms with Crippen molar-refractivity contribution in [3.05, 3.63) is 170 Å². The molecule has 0 aliphatic heterocycles. The molecule has 2 heteroatoms. The number of hydrogen-bond donors (Lipinski definition) is 0. The molecule has 0 atom stereocenters. The van der Waals surface area contributed by atoms with Crippen molar-refractivity contribution in [1.29, 1.82) is 0 Å². The first-order chi connectivity index (χ1) is 28.1. The second-order valence-electron chi connectivity index (χ2n) is 12.6. The Balaban J connectivity index is 1.24. The van der Waals surface area contributed by atoms with Crippen LogP contribution in [0.25, 0.3) is 110 Å². The van der Waals surface area contributed by atoms with Crippen LogP contribution in [0.2, 0.25) is 0 Å². The van der Waals surface area contributed by atoms with E-state index in [2.05, 4.69) is 18.2 Å².